The highest BCUT2D eigenvalue weighted by molar-refractivity contribution is 5.96. The highest BCUT2D eigenvalue weighted by Crippen LogP contribution is 2.18. The number of aryl methyl sites for hydroxylation is 1. The molecule has 2 N–H and O–H groups in total. The molecule has 5 nitrogen and oxygen atoms in total. The molecule has 0 aliphatic rings. The van der Waals surface area contributed by atoms with E-state index in [1.807, 2.05) is 0 Å². The molecule has 0 fully saturated rings. The predicted molar refractivity (Wildman–Crippen MR) is 71.3 cm³/mol. The van der Waals surface area contributed by atoms with Crippen LogP contribution in [-0.2, 0) is 11.8 Å². The van der Waals surface area contributed by atoms with Gasteiger partial charge in [0.2, 0.25) is 5.91 Å². The van der Waals surface area contributed by atoms with Crippen molar-refractivity contribution in [2.75, 3.05) is 10.6 Å². The zero-order valence-corrected chi connectivity index (χ0v) is 11.0. The lowest BCUT2D eigenvalue weighted by molar-refractivity contribution is -0.116. The third-order valence-corrected chi connectivity index (χ3v) is 2.68. The van der Waals surface area contributed by atoms with Gasteiger partial charge in [0.1, 0.15) is 29.2 Å². The van der Waals surface area contributed by atoms with Gasteiger partial charge in [-0.3, -0.25) is 9.48 Å². The average molecular weight is 280 g/mol. The van der Waals surface area contributed by atoms with Crippen molar-refractivity contribution in [3.63, 3.8) is 0 Å². The maximum absolute atomic E-state index is 13.4. The van der Waals surface area contributed by atoms with Crippen LogP contribution in [0.3, 0.4) is 0 Å². The highest BCUT2D eigenvalue weighted by Gasteiger charge is 2.17. The van der Waals surface area contributed by atoms with Crippen molar-refractivity contribution >= 4 is 17.4 Å². The van der Waals surface area contributed by atoms with Crippen LogP contribution in [0.2, 0.25) is 0 Å². The molecule has 1 aromatic heterocycles. The van der Waals surface area contributed by atoms with Gasteiger partial charge in [0.05, 0.1) is 0 Å². The van der Waals surface area contributed by atoms with Crippen molar-refractivity contribution in [2.24, 2.45) is 7.05 Å². The molecule has 1 aromatic carbocycles. The number of carbonyl (C=O) groups is 1. The summed E-state index contributed by atoms with van der Waals surface area (Å²) >= 11 is 0. The Morgan fingerprint density at radius 1 is 1.30 bits per heavy atom. The second-order valence-corrected chi connectivity index (χ2v) is 4.33. The summed E-state index contributed by atoms with van der Waals surface area (Å²) in [6.45, 7) is 1.57. The van der Waals surface area contributed by atoms with Crippen LogP contribution in [0.5, 0.6) is 0 Å². The van der Waals surface area contributed by atoms with Gasteiger partial charge in [0.25, 0.3) is 0 Å². The molecule has 0 bridgehead atoms. The van der Waals surface area contributed by atoms with Crippen LogP contribution in [0, 0.1) is 11.6 Å². The number of aromatic nitrogens is 2. The van der Waals surface area contributed by atoms with Gasteiger partial charge in [-0.25, -0.2) is 8.78 Å². The average Bonchev–Trinajstić information content (AvgIpc) is 2.79. The lowest BCUT2D eigenvalue weighted by Crippen LogP contribution is -2.32. The lowest BCUT2D eigenvalue weighted by Gasteiger charge is -2.14. The lowest BCUT2D eigenvalue weighted by atomic mass is 10.2. The Labute approximate surface area is 114 Å². The minimum absolute atomic E-state index is 0.452. The molecule has 0 spiro atoms. The fourth-order valence-electron chi connectivity index (χ4n) is 1.63. The van der Waals surface area contributed by atoms with E-state index in [0.717, 1.165) is 12.1 Å². The monoisotopic (exact) mass is 280 g/mol. The summed E-state index contributed by atoms with van der Waals surface area (Å²) in [7, 11) is 1.74. The van der Waals surface area contributed by atoms with Crippen LogP contribution in [0.1, 0.15) is 6.92 Å². The number of rotatable bonds is 4. The summed E-state index contributed by atoms with van der Waals surface area (Å²) in [5.74, 6) is -1.68. The molecule has 1 unspecified atom stereocenters. The second kappa shape index (κ2) is 5.68. The number of para-hydroxylation sites is 1. The number of carbonyl (C=O) groups excluding carboxylic acids is 1. The first-order valence-corrected chi connectivity index (χ1v) is 5.98. The molecular weight excluding hydrogens is 266 g/mol. The predicted octanol–water partition coefficient (Wildman–Crippen LogP) is 2.14. The van der Waals surface area contributed by atoms with Gasteiger partial charge in [-0.2, -0.15) is 5.10 Å². The van der Waals surface area contributed by atoms with E-state index in [4.69, 9.17) is 0 Å². The molecule has 1 heterocycles. The Hall–Kier alpha value is -2.44. The number of nitrogens with one attached hydrogen (secondary N) is 2. The van der Waals surface area contributed by atoms with Crippen LogP contribution >= 0.6 is 0 Å². The highest BCUT2D eigenvalue weighted by atomic mass is 19.1. The minimum atomic E-state index is -0.816. The quantitative estimate of drug-likeness (QED) is 0.902. The molecule has 0 aliphatic heterocycles. The number of nitrogens with zero attached hydrogens (tertiary/aromatic N) is 2. The molecular formula is C13H14F2N4O. The van der Waals surface area contributed by atoms with Crippen molar-refractivity contribution in [2.45, 2.75) is 13.0 Å². The first-order chi connectivity index (χ1) is 9.47. The SMILES string of the molecule is CC(Nc1ccn(C)n1)C(=O)Nc1c(F)cccc1F. The number of benzene rings is 1. The van der Waals surface area contributed by atoms with Crippen LogP contribution in [0.25, 0.3) is 0 Å². The third kappa shape index (κ3) is 3.11. The maximum atomic E-state index is 13.4. The molecule has 1 atom stereocenters. The van der Waals surface area contributed by atoms with Gasteiger partial charge in [0, 0.05) is 19.3 Å². The van der Waals surface area contributed by atoms with Crippen LogP contribution in [0.4, 0.5) is 20.3 Å². The largest absolute Gasteiger partial charge is 0.357 e. The Morgan fingerprint density at radius 2 is 1.95 bits per heavy atom. The Kier molecular flexibility index (Phi) is 3.97. The zero-order valence-electron chi connectivity index (χ0n) is 11.0. The minimum Gasteiger partial charge on any atom is -0.357 e. The molecule has 0 aliphatic carbocycles. The van der Waals surface area contributed by atoms with E-state index >= 15 is 0 Å². The molecule has 7 heteroatoms. The van der Waals surface area contributed by atoms with Crippen LogP contribution in [-0.4, -0.2) is 21.7 Å². The number of amides is 1. The maximum Gasteiger partial charge on any atom is 0.246 e. The van der Waals surface area contributed by atoms with Gasteiger partial charge in [-0.15, -0.1) is 0 Å². The summed E-state index contributed by atoms with van der Waals surface area (Å²) in [4.78, 5) is 11.9. The molecule has 20 heavy (non-hydrogen) atoms. The summed E-state index contributed by atoms with van der Waals surface area (Å²) in [6.07, 6.45) is 1.71. The van der Waals surface area contributed by atoms with Crippen molar-refractivity contribution < 1.29 is 13.6 Å². The first-order valence-electron chi connectivity index (χ1n) is 5.98. The Balaban J connectivity index is 2.04. The summed E-state index contributed by atoms with van der Waals surface area (Å²) in [5.41, 5.74) is -0.452. The number of hydrogen-bond acceptors (Lipinski definition) is 3. The number of anilines is 2. The summed E-state index contributed by atoms with van der Waals surface area (Å²) in [6, 6.07) is 4.39. The molecule has 0 radical (unpaired) electrons. The van der Waals surface area contributed by atoms with Crippen molar-refractivity contribution in [1.82, 2.24) is 9.78 Å². The van der Waals surface area contributed by atoms with Crippen molar-refractivity contribution in [1.29, 1.82) is 0 Å². The molecule has 2 aromatic rings. The summed E-state index contributed by atoms with van der Waals surface area (Å²) < 4.78 is 28.4. The normalized spacial score (nSPS) is 12.0. The molecule has 1 amide bonds. The molecule has 0 saturated heterocycles. The third-order valence-electron chi connectivity index (χ3n) is 2.68. The number of halogens is 2. The second-order valence-electron chi connectivity index (χ2n) is 4.33. The Morgan fingerprint density at radius 3 is 2.50 bits per heavy atom. The fourth-order valence-corrected chi connectivity index (χ4v) is 1.63. The first kappa shape index (κ1) is 14.0. The van der Waals surface area contributed by atoms with E-state index in [1.54, 1.807) is 30.9 Å². The topological polar surface area (TPSA) is 59.0 Å². The van der Waals surface area contributed by atoms with E-state index in [1.165, 1.54) is 6.07 Å². The number of hydrogen-bond donors (Lipinski definition) is 2. The smallest absolute Gasteiger partial charge is 0.246 e. The standard InChI is InChI=1S/C13H14F2N4O/c1-8(16-11-6-7-19(2)18-11)13(20)17-12-9(14)4-3-5-10(12)15/h3-8H,1-2H3,(H,16,18)(H,17,20). The van der Waals surface area contributed by atoms with E-state index in [0.29, 0.717) is 5.82 Å². The Bertz CT molecular complexity index is 606. The van der Waals surface area contributed by atoms with Gasteiger partial charge >= 0.3 is 0 Å². The van der Waals surface area contributed by atoms with E-state index < -0.39 is 29.3 Å². The van der Waals surface area contributed by atoms with E-state index in [9.17, 15) is 13.6 Å². The molecule has 0 saturated carbocycles. The van der Waals surface area contributed by atoms with Gasteiger partial charge in [0.15, 0.2) is 0 Å². The summed E-state index contributed by atoms with van der Waals surface area (Å²) in [5, 5.41) is 9.10. The van der Waals surface area contributed by atoms with Crippen LogP contribution in [0.15, 0.2) is 30.5 Å². The fraction of sp³-hybridized carbons (Fsp3) is 0.231. The van der Waals surface area contributed by atoms with Gasteiger partial charge in [-0.1, -0.05) is 6.07 Å². The molecule has 106 valence electrons. The van der Waals surface area contributed by atoms with Gasteiger partial charge in [-0.05, 0) is 19.1 Å². The zero-order chi connectivity index (χ0) is 14.7. The van der Waals surface area contributed by atoms with Gasteiger partial charge < -0.3 is 10.6 Å². The van der Waals surface area contributed by atoms with E-state index in [2.05, 4.69) is 15.7 Å². The molecule has 2 rings (SSSR count). The van der Waals surface area contributed by atoms with Crippen molar-refractivity contribution in [3.8, 4) is 0 Å². The van der Waals surface area contributed by atoms with Crippen LogP contribution < -0.4 is 10.6 Å². The van der Waals surface area contributed by atoms with Crippen molar-refractivity contribution in [3.05, 3.63) is 42.1 Å². The van der Waals surface area contributed by atoms with E-state index in [-0.39, 0.29) is 0 Å².